The maximum atomic E-state index is 5.79. The van der Waals surface area contributed by atoms with Crippen LogP contribution in [0.3, 0.4) is 0 Å². The minimum atomic E-state index is 0.547. The van der Waals surface area contributed by atoms with Gasteiger partial charge in [0.25, 0.3) is 0 Å². The lowest BCUT2D eigenvalue weighted by atomic mass is 10.2. The Balaban J connectivity index is 2.28. The molecule has 0 aliphatic carbocycles. The Kier molecular flexibility index (Phi) is 5.12. The van der Waals surface area contributed by atoms with Gasteiger partial charge in [0.1, 0.15) is 12.4 Å². The second-order valence-electron chi connectivity index (χ2n) is 4.25. The van der Waals surface area contributed by atoms with Crippen LogP contribution in [-0.4, -0.2) is 31.9 Å². The van der Waals surface area contributed by atoms with Crippen molar-refractivity contribution in [3.63, 3.8) is 0 Å². The minimum Gasteiger partial charge on any atom is -0.490 e. The number of fused-ring (bicyclic) bond motifs is 1. The first kappa shape index (κ1) is 13.8. The topological polar surface area (TPSA) is 43.4 Å². The van der Waals surface area contributed by atoms with Gasteiger partial charge in [0, 0.05) is 25.1 Å². The van der Waals surface area contributed by atoms with E-state index < -0.39 is 0 Å². The molecule has 1 N–H and O–H groups in total. The monoisotopic (exact) mass is 260 g/mol. The maximum Gasteiger partial charge on any atom is 0.130 e. The standard InChI is InChI=1S/C15H20N2O2/c1-3-16-11-12-10-15(19-9-8-18-2)13-6-4-5-7-14(13)17-12/h4-7,10,16H,3,8-9,11H2,1-2H3. The second kappa shape index (κ2) is 7.07. The number of hydrogen-bond acceptors (Lipinski definition) is 4. The van der Waals surface area contributed by atoms with E-state index in [2.05, 4.69) is 17.2 Å². The highest BCUT2D eigenvalue weighted by Crippen LogP contribution is 2.25. The van der Waals surface area contributed by atoms with Crippen molar-refractivity contribution in [1.82, 2.24) is 10.3 Å². The van der Waals surface area contributed by atoms with Crippen LogP contribution in [0.25, 0.3) is 10.9 Å². The molecule has 0 aliphatic heterocycles. The molecular formula is C15H20N2O2. The van der Waals surface area contributed by atoms with Crippen molar-refractivity contribution in [1.29, 1.82) is 0 Å². The van der Waals surface area contributed by atoms with Gasteiger partial charge in [-0.15, -0.1) is 0 Å². The molecule has 102 valence electrons. The zero-order chi connectivity index (χ0) is 13.5. The number of aromatic nitrogens is 1. The summed E-state index contributed by atoms with van der Waals surface area (Å²) in [6, 6.07) is 10.0. The Morgan fingerprint density at radius 3 is 2.84 bits per heavy atom. The van der Waals surface area contributed by atoms with Gasteiger partial charge >= 0.3 is 0 Å². The van der Waals surface area contributed by atoms with Crippen LogP contribution in [0.2, 0.25) is 0 Å². The van der Waals surface area contributed by atoms with Crippen LogP contribution >= 0.6 is 0 Å². The summed E-state index contributed by atoms with van der Waals surface area (Å²) < 4.78 is 10.8. The van der Waals surface area contributed by atoms with Crippen molar-refractivity contribution in [3.05, 3.63) is 36.0 Å². The summed E-state index contributed by atoms with van der Waals surface area (Å²) in [5.41, 5.74) is 1.96. The van der Waals surface area contributed by atoms with Crippen molar-refractivity contribution in [2.24, 2.45) is 0 Å². The predicted octanol–water partition coefficient (Wildman–Crippen LogP) is 2.37. The predicted molar refractivity (Wildman–Crippen MR) is 76.5 cm³/mol. The number of ether oxygens (including phenoxy) is 2. The molecule has 0 saturated carbocycles. The van der Waals surface area contributed by atoms with Crippen LogP contribution in [0.1, 0.15) is 12.6 Å². The van der Waals surface area contributed by atoms with E-state index in [0.717, 1.165) is 35.4 Å². The van der Waals surface area contributed by atoms with Gasteiger partial charge in [0.05, 0.1) is 17.8 Å². The fourth-order valence-corrected chi connectivity index (χ4v) is 1.89. The molecule has 1 heterocycles. The molecule has 1 aromatic carbocycles. The maximum absolute atomic E-state index is 5.79. The molecule has 0 atom stereocenters. The van der Waals surface area contributed by atoms with E-state index in [-0.39, 0.29) is 0 Å². The summed E-state index contributed by atoms with van der Waals surface area (Å²) in [4.78, 5) is 4.63. The van der Waals surface area contributed by atoms with Crippen LogP contribution in [0.5, 0.6) is 5.75 Å². The Bertz CT molecular complexity index is 529. The van der Waals surface area contributed by atoms with Gasteiger partial charge in [-0.1, -0.05) is 19.1 Å². The Hall–Kier alpha value is -1.65. The first-order valence-corrected chi connectivity index (χ1v) is 6.56. The average molecular weight is 260 g/mol. The molecule has 0 fully saturated rings. The highest BCUT2D eigenvalue weighted by Gasteiger charge is 2.06. The molecule has 0 amide bonds. The molecule has 4 heteroatoms. The zero-order valence-corrected chi connectivity index (χ0v) is 11.5. The van der Waals surface area contributed by atoms with E-state index in [1.54, 1.807) is 7.11 Å². The Labute approximate surface area is 113 Å². The molecular weight excluding hydrogens is 240 g/mol. The zero-order valence-electron chi connectivity index (χ0n) is 11.5. The SMILES string of the molecule is CCNCc1cc(OCCOC)c2ccccc2n1. The molecule has 0 saturated heterocycles. The molecule has 2 aromatic rings. The van der Waals surface area contributed by atoms with Gasteiger partial charge in [-0.25, -0.2) is 0 Å². The summed E-state index contributed by atoms with van der Waals surface area (Å²) in [5.74, 6) is 0.871. The summed E-state index contributed by atoms with van der Waals surface area (Å²) in [6.07, 6.45) is 0. The molecule has 0 spiro atoms. The highest BCUT2D eigenvalue weighted by atomic mass is 16.5. The van der Waals surface area contributed by atoms with Crippen LogP contribution in [-0.2, 0) is 11.3 Å². The molecule has 19 heavy (non-hydrogen) atoms. The number of methoxy groups -OCH3 is 1. The molecule has 4 nitrogen and oxygen atoms in total. The minimum absolute atomic E-state index is 0.547. The third-order valence-corrected chi connectivity index (χ3v) is 2.83. The molecule has 0 bridgehead atoms. The van der Waals surface area contributed by atoms with Crippen LogP contribution < -0.4 is 10.1 Å². The summed E-state index contributed by atoms with van der Waals surface area (Å²) >= 11 is 0. The van der Waals surface area contributed by atoms with E-state index in [1.165, 1.54) is 0 Å². The fraction of sp³-hybridized carbons (Fsp3) is 0.400. The normalized spacial score (nSPS) is 10.8. The third-order valence-electron chi connectivity index (χ3n) is 2.83. The van der Waals surface area contributed by atoms with Gasteiger partial charge in [-0.2, -0.15) is 0 Å². The summed E-state index contributed by atoms with van der Waals surface area (Å²) in [6.45, 7) is 4.89. The first-order valence-electron chi connectivity index (χ1n) is 6.56. The molecule has 2 rings (SSSR count). The number of rotatable bonds is 7. The van der Waals surface area contributed by atoms with Gasteiger partial charge in [0.15, 0.2) is 0 Å². The van der Waals surface area contributed by atoms with Crippen molar-refractivity contribution in [3.8, 4) is 5.75 Å². The number of benzene rings is 1. The van der Waals surface area contributed by atoms with Crippen molar-refractivity contribution >= 4 is 10.9 Å². The summed E-state index contributed by atoms with van der Waals surface area (Å²) in [5, 5.41) is 4.32. The fourth-order valence-electron chi connectivity index (χ4n) is 1.89. The largest absolute Gasteiger partial charge is 0.490 e. The lowest BCUT2D eigenvalue weighted by Crippen LogP contribution is -2.13. The average Bonchev–Trinajstić information content (AvgIpc) is 2.45. The number of nitrogens with one attached hydrogen (secondary N) is 1. The quantitative estimate of drug-likeness (QED) is 0.776. The lowest BCUT2D eigenvalue weighted by molar-refractivity contribution is 0.147. The van der Waals surface area contributed by atoms with E-state index in [1.807, 2.05) is 30.3 Å². The number of hydrogen-bond donors (Lipinski definition) is 1. The van der Waals surface area contributed by atoms with Crippen LogP contribution in [0.4, 0.5) is 0 Å². The molecule has 0 unspecified atom stereocenters. The van der Waals surface area contributed by atoms with Gasteiger partial charge < -0.3 is 14.8 Å². The number of nitrogens with zero attached hydrogens (tertiary/aromatic N) is 1. The number of pyridine rings is 1. The van der Waals surface area contributed by atoms with Gasteiger partial charge in [0.2, 0.25) is 0 Å². The van der Waals surface area contributed by atoms with Gasteiger partial charge in [-0.05, 0) is 18.7 Å². The van der Waals surface area contributed by atoms with Crippen LogP contribution in [0.15, 0.2) is 30.3 Å². The third kappa shape index (κ3) is 3.66. The smallest absolute Gasteiger partial charge is 0.130 e. The summed E-state index contributed by atoms with van der Waals surface area (Å²) in [7, 11) is 1.67. The Morgan fingerprint density at radius 1 is 1.21 bits per heavy atom. The van der Waals surface area contributed by atoms with Gasteiger partial charge in [-0.3, -0.25) is 4.98 Å². The highest BCUT2D eigenvalue weighted by molar-refractivity contribution is 5.85. The van der Waals surface area contributed by atoms with Crippen molar-refractivity contribution in [2.45, 2.75) is 13.5 Å². The van der Waals surface area contributed by atoms with E-state index in [4.69, 9.17) is 9.47 Å². The molecule has 0 aliphatic rings. The number of para-hydroxylation sites is 1. The van der Waals surface area contributed by atoms with Crippen molar-refractivity contribution < 1.29 is 9.47 Å². The first-order chi connectivity index (χ1) is 9.35. The molecule has 1 aromatic heterocycles. The van der Waals surface area contributed by atoms with E-state index in [0.29, 0.717) is 13.2 Å². The van der Waals surface area contributed by atoms with E-state index >= 15 is 0 Å². The lowest BCUT2D eigenvalue weighted by Gasteiger charge is -2.11. The molecule has 0 radical (unpaired) electrons. The second-order valence-corrected chi connectivity index (χ2v) is 4.25. The van der Waals surface area contributed by atoms with E-state index in [9.17, 15) is 0 Å². The van der Waals surface area contributed by atoms with Crippen molar-refractivity contribution in [2.75, 3.05) is 26.9 Å². The van der Waals surface area contributed by atoms with Crippen LogP contribution in [0, 0.1) is 0 Å². The Morgan fingerprint density at radius 2 is 2.05 bits per heavy atom.